The van der Waals surface area contributed by atoms with Crippen LogP contribution in [-0.2, 0) is 4.79 Å². The van der Waals surface area contributed by atoms with Crippen LogP contribution in [-0.4, -0.2) is 22.7 Å². The standard InChI is InChI=1S/C18H19Cl2N3O2/c1-10-8-15(24)22-13-5-3-4-11(16(13)21-10)17(25)23-14-9-18(2,20)7-6-12(14)19/h3-7,10,21H,8-9H2,1-2H3,(H,22,24)(H,23,25). The van der Waals surface area contributed by atoms with Gasteiger partial charge in [0.25, 0.3) is 5.91 Å². The molecule has 1 aliphatic heterocycles. The third-order valence-corrected chi connectivity index (χ3v) is 4.73. The molecule has 0 spiro atoms. The second-order valence-corrected chi connectivity index (χ2v) is 7.87. The van der Waals surface area contributed by atoms with E-state index in [-0.39, 0.29) is 17.9 Å². The molecule has 2 atom stereocenters. The predicted molar refractivity (Wildman–Crippen MR) is 101 cm³/mol. The average molecular weight is 380 g/mol. The van der Waals surface area contributed by atoms with Gasteiger partial charge < -0.3 is 16.0 Å². The fraction of sp³-hybridized carbons (Fsp3) is 0.333. The summed E-state index contributed by atoms with van der Waals surface area (Å²) in [5.74, 6) is -0.388. The maximum atomic E-state index is 12.8. The number of hydrogen-bond donors (Lipinski definition) is 3. The van der Waals surface area contributed by atoms with Gasteiger partial charge in [0.05, 0.1) is 26.8 Å². The van der Waals surface area contributed by atoms with Crippen molar-refractivity contribution in [3.63, 3.8) is 0 Å². The minimum Gasteiger partial charge on any atom is -0.380 e. The molecule has 0 bridgehead atoms. The summed E-state index contributed by atoms with van der Waals surface area (Å²) in [7, 11) is 0. The molecule has 0 saturated carbocycles. The Balaban J connectivity index is 1.90. The van der Waals surface area contributed by atoms with E-state index in [2.05, 4.69) is 16.0 Å². The fourth-order valence-electron chi connectivity index (χ4n) is 2.92. The quantitative estimate of drug-likeness (QED) is 0.680. The molecular weight excluding hydrogens is 361 g/mol. The monoisotopic (exact) mass is 379 g/mol. The number of amides is 2. The van der Waals surface area contributed by atoms with Gasteiger partial charge >= 0.3 is 0 Å². The summed E-state index contributed by atoms with van der Waals surface area (Å²) in [6.07, 6.45) is 4.26. The van der Waals surface area contributed by atoms with Crippen LogP contribution >= 0.6 is 23.2 Å². The highest BCUT2D eigenvalue weighted by Gasteiger charge is 2.27. The summed E-state index contributed by atoms with van der Waals surface area (Å²) in [5, 5.41) is 9.37. The van der Waals surface area contributed by atoms with Crippen LogP contribution in [0.3, 0.4) is 0 Å². The molecule has 2 aliphatic rings. The molecule has 1 heterocycles. The van der Waals surface area contributed by atoms with Gasteiger partial charge in [0.2, 0.25) is 5.91 Å². The number of para-hydroxylation sites is 1. The van der Waals surface area contributed by atoms with Gasteiger partial charge in [-0.25, -0.2) is 0 Å². The largest absolute Gasteiger partial charge is 0.380 e. The highest BCUT2D eigenvalue weighted by molar-refractivity contribution is 6.32. The Morgan fingerprint density at radius 3 is 2.92 bits per heavy atom. The van der Waals surface area contributed by atoms with Crippen molar-refractivity contribution in [3.05, 3.63) is 46.6 Å². The Morgan fingerprint density at radius 2 is 2.16 bits per heavy atom. The molecule has 25 heavy (non-hydrogen) atoms. The number of carbonyl (C=O) groups is 2. The summed E-state index contributed by atoms with van der Waals surface area (Å²) in [5.41, 5.74) is 2.21. The van der Waals surface area contributed by atoms with E-state index in [1.54, 1.807) is 30.4 Å². The van der Waals surface area contributed by atoms with E-state index in [0.717, 1.165) is 0 Å². The second-order valence-electron chi connectivity index (χ2n) is 6.59. The number of hydrogen-bond acceptors (Lipinski definition) is 3. The zero-order valence-corrected chi connectivity index (χ0v) is 15.5. The minimum absolute atomic E-state index is 0.0817. The first-order chi connectivity index (χ1) is 11.7. The molecule has 2 amide bonds. The number of fused-ring (bicyclic) bond motifs is 1. The Kier molecular flexibility index (Phi) is 4.80. The molecular formula is C18H19Cl2N3O2. The third kappa shape index (κ3) is 3.99. The van der Waals surface area contributed by atoms with Crippen molar-refractivity contribution in [1.82, 2.24) is 5.32 Å². The Bertz CT molecular complexity index is 800. The molecule has 0 fully saturated rings. The van der Waals surface area contributed by atoms with Gasteiger partial charge in [-0.05, 0) is 32.1 Å². The smallest absolute Gasteiger partial charge is 0.257 e. The van der Waals surface area contributed by atoms with Crippen molar-refractivity contribution in [2.75, 3.05) is 10.6 Å². The van der Waals surface area contributed by atoms with Crippen molar-refractivity contribution in [2.45, 2.75) is 37.6 Å². The maximum absolute atomic E-state index is 12.8. The molecule has 3 N–H and O–H groups in total. The first-order valence-corrected chi connectivity index (χ1v) is 8.78. The van der Waals surface area contributed by atoms with E-state index in [1.807, 2.05) is 13.8 Å². The van der Waals surface area contributed by atoms with Crippen LogP contribution in [0.2, 0.25) is 0 Å². The van der Waals surface area contributed by atoms with Gasteiger partial charge in [-0.3, -0.25) is 9.59 Å². The molecule has 0 saturated heterocycles. The van der Waals surface area contributed by atoms with E-state index in [4.69, 9.17) is 23.2 Å². The predicted octanol–water partition coefficient (Wildman–Crippen LogP) is 3.97. The summed E-state index contributed by atoms with van der Waals surface area (Å²) in [6, 6.07) is 5.12. The van der Waals surface area contributed by atoms with Gasteiger partial charge in [-0.2, -0.15) is 0 Å². The lowest BCUT2D eigenvalue weighted by Gasteiger charge is -2.25. The van der Waals surface area contributed by atoms with Gasteiger partial charge in [0.1, 0.15) is 0 Å². The number of carbonyl (C=O) groups excluding carboxylic acids is 2. The number of alkyl halides is 1. The van der Waals surface area contributed by atoms with E-state index in [1.165, 1.54) is 0 Å². The SMILES string of the molecule is CC1CC(=O)Nc2cccc(C(=O)NC3=C(Cl)C=CC(C)(Cl)C3)c2N1. The third-order valence-electron chi connectivity index (χ3n) is 4.12. The Labute approximate surface area is 156 Å². The van der Waals surface area contributed by atoms with Gasteiger partial charge in [0.15, 0.2) is 0 Å². The van der Waals surface area contributed by atoms with Crippen molar-refractivity contribution >= 4 is 46.4 Å². The van der Waals surface area contributed by atoms with E-state index < -0.39 is 4.87 Å². The lowest BCUT2D eigenvalue weighted by Crippen LogP contribution is -2.30. The van der Waals surface area contributed by atoms with Crippen LogP contribution in [0.4, 0.5) is 11.4 Å². The van der Waals surface area contributed by atoms with Gasteiger partial charge in [-0.15, -0.1) is 11.6 Å². The number of halogens is 2. The van der Waals surface area contributed by atoms with Crippen LogP contribution in [0, 0.1) is 0 Å². The number of nitrogens with one attached hydrogen (secondary N) is 3. The van der Waals surface area contributed by atoms with E-state index in [9.17, 15) is 9.59 Å². The Morgan fingerprint density at radius 1 is 1.40 bits per heavy atom. The Hall–Kier alpha value is -1.98. The normalized spacial score (nSPS) is 25.6. The van der Waals surface area contributed by atoms with Crippen molar-refractivity contribution < 1.29 is 9.59 Å². The topological polar surface area (TPSA) is 70.2 Å². The molecule has 0 radical (unpaired) electrons. The highest BCUT2D eigenvalue weighted by Crippen LogP contribution is 2.34. The minimum atomic E-state index is -0.588. The lowest BCUT2D eigenvalue weighted by atomic mass is 9.99. The summed E-state index contributed by atoms with van der Waals surface area (Å²) >= 11 is 12.5. The summed E-state index contributed by atoms with van der Waals surface area (Å²) in [6.45, 7) is 3.75. The lowest BCUT2D eigenvalue weighted by molar-refractivity contribution is -0.116. The van der Waals surface area contributed by atoms with Crippen LogP contribution in [0.15, 0.2) is 41.1 Å². The molecule has 0 aromatic heterocycles. The van der Waals surface area contributed by atoms with Gasteiger partial charge in [-0.1, -0.05) is 23.7 Å². The first-order valence-electron chi connectivity index (χ1n) is 8.03. The number of rotatable bonds is 2. The average Bonchev–Trinajstić information content (AvgIpc) is 2.66. The molecule has 1 aromatic rings. The molecule has 1 aliphatic carbocycles. The summed E-state index contributed by atoms with van der Waals surface area (Å²) in [4.78, 5) is 24.1. The van der Waals surface area contributed by atoms with Crippen LogP contribution < -0.4 is 16.0 Å². The molecule has 3 rings (SSSR count). The van der Waals surface area contributed by atoms with Crippen LogP contribution in [0.5, 0.6) is 0 Å². The van der Waals surface area contributed by atoms with E-state index in [0.29, 0.717) is 40.5 Å². The number of anilines is 2. The summed E-state index contributed by atoms with van der Waals surface area (Å²) < 4.78 is 0. The van der Waals surface area contributed by atoms with E-state index >= 15 is 0 Å². The second kappa shape index (κ2) is 6.73. The molecule has 7 heteroatoms. The van der Waals surface area contributed by atoms with Crippen LogP contribution in [0.1, 0.15) is 37.0 Å². The molecule has 132 valence electrons. The van der Waals surface area contributed by atoms with Gasteiger partial charge in [0, 0.05) is 24.6 Å². The highest BCUT2D eigenvalue weighted by atomic mass is 35.5. The number of allylic oxidation sites excluding steroid dienone is 4. The molecule has 5 nitrogen and oxygen atoms in total. The van der Waals surface area contributed by atoms with Crippen LogP contribution in [0.25, 0.3) is 0 Å². The molecule has 1 aromatic carbocycles. The maximum Gasteiger partial charge on any atom is 0.257 e. The first kappa shape index (κ1) is 17.8. The van der Waals surface area contributed by atoms with Crippen molar-refractivity contribution in [2.24, 2.45) is 0 Å². The van der Waals surface area contributed by atoms with Crippen molar-refractivity contribution in [1.29, 1.82) is 0 Å². The fourth-order valence-corrected chi connectivity index (χ4v) is 3.30. The molecule has 2 unspecified atom stereocenters. The zero-order valence-electron chi connectivity index (χ0n) is 14.0. The number of benzene rings is 1. The van der Waals surface area contributed by atoms with Crippen molar-refractivity contribution in [3.8, 4) is 0 Å². The zero-order chi connectivity index (χ0) is 18.2.